The smallest absolute Gasteiger partial charge is 0.338 e. The summed E-state index contributed by atoms with van der Waals surface area (Å²) in [5.41, 5.74) is 3.93. The van der Waals surface area contributed by atoms with Gasteiger partial charge < -0.3 is 10.8 Å². The van der Waals surface area contributed by atoms with Crippen LogP contribution in [0.2, 0.25) is 0 Å². The van der Waals surface area contributed by atoms with Gasteiger partial charge in [0.2, 0.25) is 0 Å². The number of aromatic nitrogens is 1. The molecule has 0 radical (unpaired) electrons. The highest BCUT2D eigenvalue weighted by molar-refractivity contribution is 9.10. The maximum Gasteiger partial charge on any atom is 0.338 e. The summed E-state index contributed by atoms with van der Waals surface area (Å²) in [5.74, 6) is -8.19. The van der Waals surface area contributed by atoms with Gasteiger partial charge in [-0.2, -0.15) is 8.42 Å². The van der Waals surface area contributed by atoms with E-state index in [2.05, 4.69) is 36.8 Å². The standard InChI is InChI=1S/C12H8BrF2N3O3S.C7H3BrF2O2/c13-7-5-4-6(10(14)11(7)15)12(19)18-22(20,21)9-3-1-2-8(16)17-9;8-4-2-1-3(7(11)12)5(9)6(4)10/h1-5H,(H2,16,17)(H,18,19);1-2H,(H,11,12). The normalized spacial score (nSPS) is 10.8. The van der Waals surface area contributed by atoms with E-state index < -0.39 is 61.3 Å². The number of benzene rings is 2. The first-order chi connectivity index (χ1) is 15.8. The van der Waals surface area contributed by atoms with Gasteiger partial charge in [0.05, 0.1) is 20.1 Å². The van der Waals surface area contributed by atoms with Gasteiger partial charge in [0, 0.05) is 0 Å². The van der Waals surface area contributed by atoms with Crippen LogP contribution < -0.4 is 10.5 Å². The van der Waals surface area contributed by atoms with E-state index in [-0.39, 0.29) is 14.8 Å². The highest BCUT2D eigenvalue weighted by Gasteiger charge is 2.24. The number of nitrogens with one attached hydrogen (secondary N) is 1. The molecule has 0 unspecified atom stereocenters. The molecule has 15 heteroatoms. The van der Waals surface area contributed by atoms with Gasteiger partial charge in [-0.05, 0) is 68.3 Å². The van der Waals surface area contributed by atoms with Crippen LogP contribution in [0.4, 0.5) is 23.4 Å². The number of carboxylic acid groups (broad SMARTS) is 1. The summed E-state index contributed by atoms with van der Waals surface area (Å²) in [4.78, 5) is 25.6. The number of aromatic carboxylic acids is 1. The van der Waals surface area contributed by atoms with Crippen LogP contribution >= 0.6 is 31.9 Å². The third kappa shape index (κ3) is 6.30. The number of nitrogens with zero attached hydrogens (tertiary/aromatic N) is 1. The van der Waals surface area contributed by atoms with Crippen LogP contribution in [0, 0.1) is 23.3 Å². The monoisotopic (exact) mass is 627 g/mol. The van der Waals surface area contributed by atoms with E-state index in [0.29, 0.717) is 0 Å². The van der Waals surface area contributed by atoms with Crippen LogP contribution in [-0.2, 0) is 10.0 Å². The Balaban J connectivity index is 0.000000287. The molecule has 0 bridgehead atoms. The molecule has 0 spiro atoms. The highest BCUT2D eigenvalue weighted by Crippen LogP contribution is 2.22. The van der Waals surface area contributed by atoms with Crippen LogP contribution in [0.25, 0.3) is 0 Å². The Morgan fingerprint density at radius 3 is 1.85 bits per heavy atom. The van der Waals surface area contributed by atoms with Crippen molar-refractivity contribution in [1.82, 2.24) is 9.71 Å². The fourth-order valence-electron chi connectivity index (χ4n) is 2.20. The minimum Gasteiger partial charge on any atom is -0.478 e. The average molecular weight is 629 g/mol. The minimum atomic E-state index is -4.36. The van der Waals surface area contributed by atoms with Gasteiger partial charge in [-0.15, -0.1) is 0 Å². The number of halogens is 6. The number of pyridine rings is 1. The highest BCUT2D eigenvalue weighted by atomic mass is 79.9. The van der Waals surface area contributed by atoms with Crippen LogP contribution in [0.5, 0.6) is 0 Å². The van der Waals surface area contributed by atoms with E-state index in [9.17, 15) is 35.6 Å². The van der Waals surface area contributed by atoms with Gasteiger partial charge in [0.15, 0.2) is 28.3 Å². The number of rotatable bonds is 4. The summed E-state index contributed by atoms with van der Waals surface area (Å²) in [6, 6.07) is 7.93. The summed E-state index contributed by atoms with van der Waals surface area (Å²) >= 11 is 5.47. The number of anilines is 1. The lowest BCUT2D eigenvalue weighted by molar-refractivity contribution is 0.0690. The van der Waals surface area contributed by atoms with Crippen molar-refractivity contribution < 1.29 is 40.7 Å². The molecule has 3 rings (SSSR count). The molecule has 0 atom stereocenters. The predicted molar refractivity (Wildman–Crippen MR) is 118 cm³/mol. The summed E-state index contributed by atoms with van der Waals surface area (Å²) < 4.78 is 77.7. The maximum absolute atomic E-state index is 13.7. The number of carboxylic acids is 1. The molecule has 0 aliphatic heterocycles. The van der Waals surface area contributed by atoms with Crippen molar-refractivity contribution >= 4 is 59.6 Å². The van der Waals surface area contributed by atoms with Gasteiger partial charge in [0.1, 0.15) is 5.82 Å². The molecule has 0 aliphatic rings. The zero-order valence-corrected chi connectivity index (χ0v) is 20.3. The summed E-state index contributed by atoms with van der Waals surface area (Å²) in [5, 5.41) is 7.84. The summed E-state index contributed by atoms with van der Waals surface area (Å²) in [6.07, 6.45) is 0. The lowest BCUT2D eigenvalue weighted by Gasteiger charge is -2.08. The number of hydrogen-bond donors (Lipinski definition) is 3. The second-order valence-corrected chi connectivity index (χ2v) is 9.42. The van der Waals surface area contributed by atoms with Crippen molar-refractivity contribution in [3.05, 3.63) is 85.8 Å². The third-order valence-corrected chi connectivity index (χ3v) is 6.25. The van der Waals surface area contributed by atoms with E-state index in [1.165, 1.54) is 12.1 Å². The molecule has 3 aromatic rings. The topological polar surface area (TPSA) is 139 Å². The summed E-state index contributed by atoms with van der Waals surface area (Å²) in [7, 11) is -4.36. The Hall–Kier alpha value is -3.04. The number of carbonyl (C=O) groups excluding carboxylic acids is 1. The van der Waals surface area contributed by atoms with Crippen molar-refractivity contribution in [3.8, 4) is 0 Å². The third-order valence-electron chi connectivity index (χ3n) is 3.79. The van der Waals surface area contributed by atoms with E-state index in [4.69, 9.17) is 10.8 Å². The van der Waals surface area contributed by atoms with Crippen molar-refractivity contribution in [3.63, 3.8) is 0 Å². The van der Waals surface area contributed by atoms with Gasteiger partial charge in [-0.25, -0.2) is 32.1 Å². The van der Waals surface area contributed by atoms with Crippen molar-refractivity contribution in [2.24, 2.45) is 0 Å². The summed E-state index contributed by atoms with van der Waals surface area (Å²) in [6.45, 7) is 0. The van der Waals surface area contributed by atoms with E-state index in [0.717, 1.165) is 30.3 Å². The average Bonchev–Trinajstić information content (AvgIpc) is 2.76. The van der Waals surface area contributed by atoms with Crippen LogP contribution in [0.3, 0.4) is 0 Å². The number of carbonyl (C=O) groups is 2. The Morgan fingerprint density at radius 2 is 1.35 bits per heavy atom. The molecule has 1 heterocycles. The zero-order chi connectivity index (χ0) is 25.8. The molecule has 180 valence electrons. The second kappa shape index (κ2) is 10.9. The van der Waals surface area contributed by atoms with E-state index in [1.54, 1.807) is 4.72 Å². The molecular formula is C19H11Br2F4N3O5S. The molecule has 8 nitrogen and oxygen atoms in total. The maximum atomic E-state index is 13.7. The van der Waals surface area contributed by atoms with Gasteiger partial charge in [-0.3, -0.25) is 4.79 Å². The second-order valence-electron chi connectivity index (χ2n) is 6.09. The Bertz CT molecular complexity index is 1390. The number of sulfonamides is 1. The van der Waals surface area contributed by atoms with Gasteiger partial charge in [0.25, 0.3) is 15.9 Å². The Kier molecular flexibility index (Phi) is 8.74. The molecule has 0 saturated heterocycles. The molecule has 1 aromatic heterocycles. The number of nitrogen functional groups attached to an aromatic ring is 1. The Labute approximate surface area is 206 Å². The fourth-order valence-corrected chi connectivity index (χ4v) is 3.76. The number of hydrogen-bond acceptors (Lipinski definition) is 6. The quantitative estimate of drug-likeness (QED) is 0.290. The van der Waals surface area contributed by atoms with Crippen LogP contribution in [0.1, 0.15) is 20.7 Å². The fraction of sp³-hybridized carbons (Fsp3) is 0. The molecule has 1 amide bonds. The first kappa shape index (κ1) is 27.2. The first-order valence-corrected chi connectivity index (χ1v) is 11.6. The number of nitrogens with two attached hydrogens (primary N) is 1. The molecule has 0 fully saturated rings. The van der Waals surface area contributed by atoms with E-state index in [1.807, 2.05) is 0 Å². The molecule has 0 saturated carbocycles. The lowest BCUT2D eigenvalue weighted by atomic mass is 10.2. The van der Waals surface area contributed by atoms with E-state index >= 15 is 0 Å². The van der Waals surface area contributed by atoms with Gasteiger partial charge >= 0.3 is 5.97 Å². The zero-order valence-electron chi connectivity index (χ0n) is 16.3. The minimum absolute atomic E-state index is 0.0730. The predicted octanol–water partition coefficient (Wildman–Crippen LogP) is 4.25. The molecule has 0 aliphatic carbocycles. The van der Waals surface area contributed by atoms with Crippen molar-refractivity contribution in [1.29, 1.82) is 0 Å². The lowest BCUT2D eigenvalue weighted by Crippen LogP contribution is -2.32. The largest absolute Gasteiger partial charge is 0.478 e. The number of amides is 1. The van der Waals surface area contributed by atoms with Crippen molar-refractivity contribution in [2.45, 2.75) is 5.03 Å². The molecule has 2 aromatic carbocycles. The van der Waals surface area contributed by atoms with Crippen LogP contribution in [-0.4, -0.2) is 30.4 Å². The van der Waals surface area contributed by atoms with Gasteiger partial charge in [-0.1, -0.05) is 6.07 Å². The van der Waals surface area contributed by atoms with Crippen molar-refractivity contribution in [2.75, 3.05) is 5.73 Å². The molecule has 4 N–H and O–H groups in total. The van der Waals surface area contributed by atoms with Crippen LogP contribution in [0.15, 0.2) is 56.4 Å². The SMILES string of the molecule is Nc1cccc(S(=O)(=O)NC(=O)c2ccc(Br)c(F)c2F)n1.O=C(O)c1ccc(Br)c(F)c1F. The first-order valence-electron chi connectivity index (χ1n) is 8.56. The molecule has 34 heavy (non-hydrogen) atoms. The molecular weight excluding hydrogens is 618 g/mol. The Morgan fingerprint density at radius 1 is 0.853 bits per heavy atom.